The van der Waals surface area contributed by atoms with Gasteiger partial charge in [0.25, 0.3) is 11.5 Å². The maximum atomic E-state index is 13.0. The Balaban J connectivity index is 1.67. The highest BCUT2D eigenvalue weighted by Gasteiger charge is 2.29. The minimum atomic E-state index is -1.12. The topological polar surface area (TPSA) is 98.9 Å². The van der Waals surface area contributed by atoms with Gasteiger partial charge in [0.1, 0.15) is 0 Å². The summed E-state index contributed by atoms with van der Waals surface area (Å²) in [5.74, 6) is -1.05. The molecule has 1 unspecified atom stereocenters. The van der Waals surface area contributed by atoms with Crippen molar-refractivity contribution in [3.63, 3.8) is 0 Å². The summed E-state index contributed by atoms with van der Waals surface area (Å²) in [6.07, 6.45) is 3.61. The summed E-state index contributed by atoms with van der Waals surface area (Å²) in [4.78, 5) is 33.1. The van der Waals surface area contributed by atoms with Gasteiger partial charge >= 0.3 is 0 Å². The Labute approximate surface area is 187 Å². The van der Waals surface area contributed by atoms with Crippen molar-refractivity contribution >= 4 is 17.5 Å². The molecule has 1 heterocycles. The Hall–Kier alpha value is -3.61. The zero-order chi connectivity index (χ0) is 22.7. The molecule has 0 fully saturated rings. The number of amides is 1. The Morgan fingerprint density at radius 2 is 1.78 bits per heavy atom. The molecule has 7 nitrogen and oxygen atoms in total. The fraction of sp³-hybridized carbons (Fsp3) is 0.320. The third-order valence-corrected chi connectivity index (χ3v) is 5.74. The number of hydrogen-bond donors (Lipinski definition) is 4. The van der Waals surface area contributed by atoms with E-state index in [0.717, 1.165) is 53.8 Å². The molecule has 0 saturated heterocycles. The van der Waals surface area contributed by atoms with Crippen molar-refractivity contribution in [3.8, 4) is 0 Å². The van der Waals surface area contributed by atoms with Crippen LogP contribution in [0.2, 0.25) is 0 Å². The minimum absolute atomic E-state index is 0.218. The number of H-pyrrole nitrogens is 1. The number of aromatic amines is 1. The summed E-state index contributed by atoms with van der Waals surface area (Å²) in [6, 6.07) is 15.1. The Morgan fingerprint density at radius 3 is 2.53 bits per heavy atom. The van der Waals surface area contributed by atoms with Gasteiger partial charge in [-0.05, 0) is 70.2 Å². The van der Waals surface area contributed by atoms with Crippen LogP contribution < -0.4 is 21.5 Å². The molecule has 7 heteroatoms. The highest BCUT2D eigenvalue weighted by atomic mass is 16.2. The van der Waals surface area contributed by atoms with Crippen LogP contribution in [0, 0.1) is 13.8 Å². The predicted molar refractivity (Wildman–Crippen MR) is 127 cm³/mol. The standard InChI is InChI=1S/C25H29N5O2/c1-16-13-14-20(17(2)15-16)28-25(3,29-22(31)18-9-5-4-6-10-18)30-24-26-21-12-8-7-11-19(21)23(32)27-24/h4-6,9-10,13-15,28H,7-8,11-12H2,1-3H3,(H,29,31)(H2,26,27,30,32). The van der Waals surface area contributed by atoms with Gasteiger partial charge in [0.15, 0.2) is 5.79 Å². The molecule has 0 spiro atoms. The molecule has 32 heavy (non-hydrogen) atoms. The molecule has 0 bridgehead atoms. The van der Waals surface area contributed by atoms with Gasteiger partial charge in [-0.3, -0.25) is 9.59 Å². The molecule has 2 aromatic carbocycles. The second-order valence-corrected chi connectivity index (χ2v) is 8.57. The second kappa shape index (κ2) is 8.86. The Bertz CT molecular complexity index is 1190. The number of hydrogen-bond acceptors (Lipinski definition) is 5. The molecule has 1 aromatic heterocycles. The average molecular weight is 432 g/mol. The van der Waals surface area contributed by atoms with Crippen LogP contribution in [0.5, 0.6) is 0 Å². The van der Waals surface area contributed by atoms with E-state index in [-0.39, 0.29) is 11.5 Å². The smallest absolute Gasteiger partial charge is 0.277 e. The van der Waals surface area contributed by atoms with Crippen molar-refractivity contribution in [2.75, 3.05) is 10.6 Å². The third-order valence-electron chi connectivity index (χ3n) is 5.74. The molecule has 1 aliphatic carbocycles. The lowest BCUT2D eigenvalue weighted by Gasteiger charge is -2.35. The predicted octanol–water partition coefficient (Wildman–Crippen LogP) is 3.89. The van der Waals surface area contributed by atoms with E-state index >= 15 is 0 Å². The van der Waals surface area contributed by atoms with E-state index in [9.17, 15) is 9.59 Å². The van der Waals surface area contributed by atoms with Gasteiger partial charge in [-0.15, -0.1) is 0 Å². The molecule has 0 saturated carbocycles. The van der Waals surface area contributed by atoms with Gasteiger partial charge in [0, 0.05) is 22.5 Å². The van der Waals surface area contributed by atoms with Crippen LogP contribution in [0.1, 0.15) is 52.5 Å². The van der Waals surface area contributed by atoms with Crippen molar-refractivity contribution < 1.29 is 4.79 Å². The Morgan fingerprint density at radius 1 is 1.03 bits per heavy atom. The van der Waals surface area contributed by atoms with Crippen LogP contribution in [-0.2, 0) is 12.8 Å². The summed E-state index contributed by atoms with van der Waals surface area (Å²) in [5, 5.41) is 9.65. The van der Waals surface area contributed by atoms with Gasteiger partial charge in [-0.1, -0.05) is 35.9 Å². The van der Waals surface area contributed by atoms with Crippen LogP contribution in [-0.4, -0.2) is 21.7 Å². The second-order valence-electron chi connectivity index (χ2n) is 8.57. The van der Waals surface area contributed by atoms with Gasteiger partial charge in [-0.2, -0.15) is 4.98 Å². The van der Waals surface area contributed by atoms with Crippen molar-refractivity contribution in [1.29, 1.82) is 0 Å². The first kappa shape index (κ1) is 21.6. The fourth-order valence-electron chi connectivity index (χ4n) is 4.12. The van der Waals surface area contributed by atoms with Crippen molar-refractivity contribution in [2.45, 2.75) is 52.2 Å². The van der Waals surface area contributed by atoms with Crippen molar-refractivity contribution in [2.24, 2.45) is 0 Å². The van der Waals surface area contributed by atoms with Crippen molar-refractivity contribution in [3.05, 3.63) is 86.8 Å². The minimum Gasteiger partial charge on any atom is -0.346 e. The SMILES string of the molecule is Cc1ccc(NC(C)(NC(=O)c2ccccc2)Nc2nc(=O)c3c([nH]2)CCCC3)c(C)c1. The number of carbonyl (C=O) groups is 1. The zero-order valence-corrected chi connectivity index (χ0v) is 18.7. The molecule has 0 radical (unpaired) electrons. The first-order chi connectivity index (χ1) is 15.3. The number of aryl methyl sites for hydroxylation is 3. The molecule has 166 valence electrons. The largest absolute Gasteiger partial charge is 0.346 e. The number of nitrogens with one attached hydrogen (secondary N) is 4. The average Bonchev–Trinajstić information content (AvgIpc) is 2.76. The van der Waals surface area contributed by atoms with E-state index in [1.54, 1.807) is 12.1 Å². The van der Waals surface area contributed by atoms with Gasteiger partial charge in [-0.25, -0.2) is 0 Å². The van der Waals surface area contributed by atoms with E-state index in [0.29, 0.717) is 11.5 Å². The van der Waals surface area contributed by atoms with Crippen LogP contribution >= 0.6 is 0 Å². The number of nitrogens with zero attached hydrogens (tertiary/aromatic N) is 1. The molecule has 4 N–H and O–H groups in total. The quantitative estimate of drug-likeness (QED) is 0.444. The first-order valence-corrected chi connectivity index (χ1v) is 11.0. The highest BCUT2D eigenvalue weighted by Crippen LogP contribution is 2.22. The number of fused-ring (bicyclic) bond motifs is 1. The molecule has 1 aliphatic rings. The van der Waals surface area contributed by atoms with Gasteiger partial charge in [0.05, 0.1) is 0 Å². The lowest BCUT2D eigenvalue weighted by atomic mass is 9.97. The number of rotatable bonds is 6. The number of aromatic nitrogens is 2. The van der Waals surface area contributed by atoms with E-state index < -0.39 is 5.79 Å². The Kier molecular flexibility index (Phi) is 5.99. The summed E-state index contributed by atoms with van der Waals surface area (Å²) >= 11 is 0. The molecule has 4 rings (SSSR count). The normalized spacial score (nSPS) is 14.7. The molecular formula is C25H29N5O2. The van der Waals surface area contributed by atoms with Crippen LogP contribution in [0.3, 0.4) is 0 Å². The van der Waals surface area contributed by atoms with Gasteiger partial charge in [0.2, 0.25) is 5.95 Å². The lowest BCUT2D eigenvalue weighted by molar-refractivity contribution is 0.0924. The molecular weight excluding hydrogens is 402 g/mol. The maximum absolute atomic E-state index is 13.0. The molecule has 0 aliphatic heterocycles. The van der Waals surface area contributed by atoms with E-state index in [1.165, 1.54) is 0 Å². The monoisotopic (exact) mass is 431 g/mol. The summed E-state index contributed by atoms with van der Waals surface area (Å²) in [7, 11) is 0. The van der Waals surface area contributed by atoms with E-state index in [4.69, 9.17) is 0 Å². The molecule has 1 amide bonds. The molecule has 3 aromatic rings. The summed E-state index contributed by atoms with van der Waals surface area (Å²) < 4.78 is 0. The number of benzene rings is 2. The van der Waals surface area contributed by atoms with Gasteiger partial charge < -0.3 is 20.9 Å². The van der Waals surface area contributed by atoms with E-state index in [1.807, 2.05) is 51.1 Å². The fourth-order valence-corrected chi connectivity index (χ4v) is 4.12. The first-order valence-electron chi connectivity index (χ1n) is 11.0. The maximum Gasteiger partial charge on any atom is 0.277 e. The van der Waals surface area contributed by atoms with Crippen LogP contribution in [0.25, 0.3) is 0 Å². The third kappa shape index (κ3) is 4.82. The van der Waals surface area contributed by atoms with Crippen LogP contribution in [0.15, 0.2) is 53.3 Å². The summed E-state index contributed by atoms with van der Waals surface area (Å²) in [5.41, 5.74) is 5.05. The zero-order valence-electron chi connectivity index (χ0n) is 18.7. The molecule has 1 atom stereocenters. The van der Waals surface area contributed by atoms with E-state index in [2.05, 4.69) is 32.0 Å². The summed E-state index contributed by atoms with van der Waals surface area (Å²) in [6.45, 7) is 5.85. The van der Waals surface area contributed by atoms with Crippen LogP contribution in [0.4, 0.5) is 11.6 Å². The lowest BCUT2D eigenvalue weighted by Crippen LogP contribution is -2.58. The number of carbonyl (C=O) groups excluding carboxylic acids is 1. The highest BCUT2D eigenvalue weighted by molar-refractivity contribution is 5.95. The number of anilines is 2. The van der Waals surface area contributed by atoms with Crippen molar-refractivity contribution in [1.82, 2.24) is 15.3 Å².